The van der Waals surface area contributed by atoms with E-state index in [1.165, 1.54) is 122 Å². The Hall–Kier alpha value is -0.600. The van der Waals surface area contributed by atoms with Gasteiger partial charge in [-0.3, -0.25) is 0 Å². The monoisotopic (exact) mass is 424 g/mol. The Bertz CT molecular complexity index is 301. The molecule has 2 heteroatoms. The van der Waals surface area contributed by atoms with Gasteiger partial charge in [-0.2, -0.15) is 0 Å². The highest BCUT2D eigenvalue weighted by Gasteiger charge is 1.94. The van der Waals surface area contributed by atoms with E-state index >= 15 is 0 Å². The molecule has 0 unspecified atom stereocenters. The Morgan fingerprint density at radius 1 is 0.333 bits per heavy atom. The molecule has 2 N–H and O–H groups in total. The second kappa shape index (κ2) is 33.0. The zero-order valence-corrected chi connectivity index (χ0v) is 20.4. The SMILES string of the molecule is C=CCCCCCCCCCCCCCCCCO.C=CCCCCCCCCO. The minimum absolute atomic E-state index is 0.354. The van der Waals surface area contributed by atoms with Crippen molar-refractivity contribution in [1.29, 1.82) is 0 Å². The van der Waals surface area contributed by atoms with Crippen LogP contribution in [0.15, 0.2) is 25.3 Å². The van der Waals surface area contributed by atoms with Crippen LogP contribution in [0.1, 0.15) is 141 Å². The van der Waals surface area contributed by atoms with E-state index in [4.69, 9.17) is 10.2 Å². The fourth-order valence-corrected chi connectivity index (χ4v) is 3.63. The molecule has 180 valence electrons. The number of aliphatic hydroxyl groups is 2. The van der Waals surface area contributed by atoms with Crippen molar-refractivity contribution in [2.45, 2.75) is 141 Å². The Morgan fingerprint density at radius 3 is 0.733 bits per heavy atom. The molecule has 0 aromatic heterocycles. The van der Waals surface area contributed by atoms with Gasteiger partial charge in [-0.15, -0.1) is 13.2 Å². The normalized spacial score (nSPS) is 10.5. The van der Waals surface area contributed by atoms with Crippen LogP contribution in [-0.2, 0) is 0 Å². The molecule has 0 aliphatic heterocycles. The number of rotatable bonds is 24. The summed E-state index contributed by atoms with van der Waals surface area (Å²) in [5, 5.41) is 17.2. The molecule has 0 spiro atoms. The lowest BCUT2D eigenvalue weighted by Gasteiger charge is -2.03. The third-order valence-electron chi connectivity index (χ3n) is 5.63. The Kier molecular flexibility index (Phi) is 34.8. The van der Waals surface area contributed by atoms with Gasteiger partial charge >= 0.3 is 0 Å². The predicted octanol–water partition coefficient (Wildman–Crippen LogP) is 8.91. The van der Waals surface area contributed by atoms with Gasteiger partial charge in [0.25, 0.3) is 0 Å². The summed E-state index contributed by atoms with van der Waals surface area (Å²) in [5.74, 6) is 0. The van der Waals surface area contributed by atoms with Crippen LogP contribution in [-0.4, -0.2) is 23.4 Å². The summed E-state index contributed by atoms with van der Waals surface area (Å²) in [6.07, 6.45) is 32.7. The van der Waals surface area contributed by atoms with E-state index in [1.54, 1.807) is 0 Å². The summed E-state index contributed by atoms with van der Waals surface area (Å²) in [6.45, 7) is 8.15. The molecule has 0 aromatic carbocycles. The van der Waals surface area contributed by atoms with Gasteiger partial charge in [-0.25, -0.2) is 0 Å². The third kappa shape index (κ3) is 34.9. The molecule has 0 bridgehead atoms. The summed E-state index contributed by atoms with van der Waals surface area (Å²) < 4.78 is 0. The Balaban J connectivity index is 0. The minimum Gasteiger partial charge on any atom is -0.396 e. The summed E-state index contributed by atoms with van der Waals surface area (Å²) in [5.41, 5.74) is 0. The predicted molar refractivity (Wildman–Crippen MR) is 136 cm³/mol. The maximum Gasteiger partial charge on any atom is 0.0431 e. The van der Waals surface area contributed by atoms with E-state index in [0.717, 1.165) is 19.3 Å². The number of hydrogen-bond acceptors (Lipinski definition) is 2. The first-order chi connectivity index (χ1) is 14.8. The molecule has 2 nitrogen and oxygen atoms in total. The van der Waals surface area contributed by atoms with Crippen LogP contribution in [0, 0.1) is 0 Å². The van der Waals surface area contributed by atoms with Crippen LogP contribution >= 0.6 is 0 Å². The van der Waals surface area contributed by atoms with Crippen LogP contribution in [0.2, 0.25) is 0 Å². The highest BCUT2D eigenvalue weighted by atomic mass is 16.3. The summed E-state index contributed by atoms with van der Waals surface area (Å²) in [7, 11) is 0. The maximum absolute atomic E-state index is 8.67. The average Bonchev–Trinajstić information content (AvgIpc) is 2.76. The van der Waals surface area contributed by atoms with Crippen molar-refractivity contribution < 1.29 is 10.2 Å². The number of hydrogen-bond donors (Lipinski definition) is 2. The second-order valence-corrected chi connectivity index (χ2v) is 8.67. The topological polar surface area (TPSA) is 40.5 Å². The van der Waals surface area contributed by atoms with E-state index < -0.39 is 0 Å². The van der Waals surface area contributed by atoms with Crippen LogP contribution in [0.4, 0.5) is 0 Å². The molecule has 0 aliphatic carbocycles. The van der Waals surface area contributed by atoms with Crippen LogP contribution in [0.3, 0.4) is 0 Å². The Morgan fingerprint density at radius 2 is 0.533 bits per heavy atom. The molecule has 0 heterocycles. The van der Waals surface area contributed by atoms with E-state index in [9.17, 15) is 0 Å². The minimum atomic E-state index is 0.354. The molecular formula is C28H56O2. The summed E-state index contributed by atoms with van der Waals surface area (Å²) in [6, 6.07) is 0. The van der Waals surface area contributed by atoms with Crippen molar-refractivity contribution in [3.8, 4) is 0 Å². The van der Waals surface area contributed by atoms with Gasteiger partial charge in [0.2, 0.25) is 0 Å². The van der Waals surface area contributed by atoms with Gasteiger partial charge in [-0.1, -0.05) is 115 Å². The molecule has 0 aromatic rings. The fraction of sp³-hybridized carbons (Fsp3) is 0.857. The maximum atomic E-state index is 8.67. The lowest BCUT2D eigenvalue weighted by Crippen LogP contribution is -1.85. The van der Waals surface area contributed by atoms with E-state index in [0.29, 0.717) is 13.2 Å². The highest BCUT2D eigenvalue weighted by Crippen LogP contribution is 2.13. The van der Waals surface area contributed by atoms with Gasteiger partial charge in [-0.05, 0) is 38.5 Å². The fourth-order valence-electron chi connectivity index (χ4n) is 3.63. The lowest BCUT2D eigenvalue weighted by molar-refractivity contribution is 0.282. The van der Waals surface area contributed by atoms with E-state index in [-0.39, 0.29) is 0 Å². The molecule has 0 saturated carbocycles. The smallest absolute Gasteiger partial charge is 0.0431 e. The summed E-state index contributed by atoms with van der Waals surface area (Å²) >= 11 is 0. The molecular weight excluding hydrogens is 368 g/mol. The zero-order chi connectivity index (χ0) is 22.4. The van der Waals surface area contributed by atoms with Gasteiger partial charge in [0.15, 0.2) is 0 Å². The standard InChI is InChI=1S/C18H36O.C10H20O/c1-2-3-4-5-6-7-8-9-10-11-12-13-14-15-16-17-18-19;1-2-3-4-5-6-7-8-9-10-11/h2,19H,1,3-18H2;2,11H,1,3-10H2. The first-order valence-corrected chi connectivity index (χ1v) is 13.3. The second-order valence-electron chi connectivity index (χ2n) is 8.67. The van der Waals surface area contributed by atoms with Crippen molar-refractivity contribution in [1.82, 2.24) is 0 Å². The number of allylic oxidation sites excluding steroid dienone is 2. The molecule has 30 heavy (non-hydrogen) atoms. The zero-order valence-electron chi connectivity index (χ0n) is 20.4. The van der Waals surface area contributed by atoms with Gasteiger partial charge in [0.05, 0.1) is 0 Å². The molecule has 0 atom stereocenters. The van der Waals surface area contributed by atoms with Crippen LogP contribution in [0.5, 0.6) is 0 Å². The molecule has 0 amide bonds. The lowest BCUT2D eigenvalue weighted by atomic mass is 10.0. The van der Waals surface area contributed by atoms with Crippen molar-refractivity contribution in [2.24, 2.45) is 0 Å². The first-order valence-electron chi connectivity index (χ1n) is 13.3. The van der Waals surface area contributed by atoms with Crippen LogP contribution in [0.25, 0.3) is 0 Å². The van der Waals surface area contributed by atoms with E-state index in [2.05, 4.69) is 13.2 Å². The number of unbranched alkanes of at least 4 members (excludes halogenated alkanes) is 20. The average molecular weight is 425 g/mol. The van der Waals surface area contributed by atoms with E-state index in [1.807, 2.05) is 12.2 Å². The quantitative estimate of drug-likeness (QED) is 0.120. The Labute approximate surface area is 190 Å². The van der Waals surface area contributed by atoms with Crippen molar-refractivity contribution in [3.05, 3.63) is 25.3 Å². The van der Waals surface area contributed by atoms with Crippen LogP contribution < -0.4 is 0 Å². The summed E-state index contributed by atoms with van der Waals surface area (Å²) in [4.78, 5) is 0. The van der Waals surface area contributed by atoms with Crippen molar-refractivity contribution in [2.75, 3.05) is 13.2 Å². The third-order valence-corrected chi connectivity index (χ3v) is 5.63. The van der Waals surface area contributed by atoms with Gasteiger partial charge in [0, 0.05) is 13.2 Å². The van der Waals surface area contributed by atoms with Gasteiger partial charge in [0.1, 0.15) is 0 Å². The molecule has 0 fully saturated rings. The van der Waals surface area contributed by atoms with Crippen molar-refractivity contribution >= 4 is 0 Å². The highest BCUT2D eigenvalue weighted by molar-refractivity contribution is 4.65. The molecule has 0 saturated heterocycles. The molecule has 0 rings (SSSR count). The van der Waals surface area contributed by atoms with Gasteiger partial charge < -0.3 is 10.2 Å². The molecule has 0 aliphatic rings. The van der Waals surface area contributed by atoms with Crippen molar-refractivity contribution in [3.63, 3.8) is 0 Å². The number of aliphatic hydroxyl groups excluding tert-OH is 2. The first kappa shape index (κ1) is 31.6. The molecule has 0 radical (unpaired) electrons. The largest absolute Gasteiger partial charge is 0.396 e.